The van der Waals surface area contributed by atoms with Crippen molar-refractivity contribution in [3.8, 4) is 0 Å². The first kappa shape index (κ1) is 14.9. The van der Waals surface area contributed by atoms with Crippen LogP contribution in [-0.2, 0) is 10.0 Å². The number of hydrogen-bond donors (Lipinski definition) is 2. The minimum absolute atomic E-state index is 0.0334. The highest BCUT2D eigenvalue weighted by molar-refractivity contribution is 7.92. The van der Waals surface area contributed by atoms with Crippen LogP contribution >= 0.6 is 12.2 Å². The molecule has 6 heteroatoms. The van der Waals surface area contributed by atoms with Crippen LogP contribution in [0.4, 0.5) is 5.69 Å². The molecule has 18 heavy (non-hydrogen) atoms. The van der Waals surface area contributed by atoms with Crippen molar-refractivity contribution in [2.45, 2.75) is 20.8 Å². The summed E-state index contributed by atoms with van der Waals surface area (Å²) in [7, 11) is -3.41. The van der Waals surface area contributed by atoms with Crippen LogP contribution in [-0.4, -0.2) is 19.2 Å². The minimum Gasteiger partial charge on any atom is -0.389 e. The van der Waals surface area contributed by atoms with E-state index in [1.807, 2.05) is 20.8 Å². The van der Waals surface area contributed by atoms with E-state index < -0.39 is 10.0 Å². The minimum atomic E-state index is -3.41. The number of nitrogens with two attached hydrogens (primary N) is 1. The summed E-state index contributed by atoms with van der Waals surface area (Å²) >= 11 is 4.89. The lowest BCUT2D eigenvalue weighted by Crippen LogP contribution is -2.27. The van der Waals surface area contributed by atoms with Gasteiger partial charge in [0.05, 0.1) is 11.4 Å². The highest BCUT2D eigenvalue weighted by Gasteiger charge is 2.22. The summed E-state index contributed by atoms with van der Waals surface area (Å²) in [5.74, 6) is 0.0334. The van der Waals surface area contributed by atoms with Gasteiger partial charge in [-0.25, -0.2) is 8.42 Å². The molecule has 0 spiro atoms. The van der Waals surface area contributed by atoms with Crippen LogP contribution in [0.1, 0.15) is 26.3 Å². The predicted molar refractivity (Wildman–Crippen MR) is 79.2 cm³/mol. The van der Waals surface area contributed by atoms with Crippen molar-refractivity contribution in [3.05, 3.63) is 29.8 Å². The molecule has 0 fully saturated rings. The van der Waals surface area contributed by atoms with E-state index in [-0.39, 0.29) is 16.2 Å². The molecule has 100 valence electrons. The Labute approximate surface area is 114 Å². The van der Waals surface area contributed by atoms with E-state index >= 15 is 0 Å². The van der Waals surface area contributed by atoms with E-state index in [1.54, 1.807) is 24.3 Å². The van der Waals surface area contributed by atoms with Gasteiger partial charge in [-0.3, -0.25) is 4.72 Å². The van der Waals surface area contributed by atoms with E-state index in [0.717, 1.165) is 0 Å². The quantitative estimate of drug-likeness (QED) is 0.832. The molecule has 0 aliphatic rings. The van der Waals surface area contributed by atoms with E-state index in [9.17, 15) is 8.42 Å². The number of para-hydroxylation sites is 1. The molecule has 0 aromatic heterocycles. The molecule has 0 aliphatic carbocycles. The Morgan fingerprint density at radius 3 is 2.39 bits per heavy atom. The number of hydrogen-bond acceptors (Lipinski definition) is 3. The summed E-state index contributed by atoms with van der Waals surface area (Å²) in [4.78, 5) is 0.170. The van der Waals surface area contributed by atoms with Gasteiger partial charge in [0, 0.05) is 5.56 Å². The molecular formula is C12H18N2O2S2. The van der Waals surface area contributed by atoms with E-state index in [0.29, 0.717) is 11.3 Å². The van der Waals surface area contributed by atoms with Crippen LogP contribution < -0.4 is 10.5 Å². The third kappa shape index (κ3) is 4.62. The van der Waals surface area contributed by atoms with Crippen molar-refractivity contribution in [3.63, 3.8) is 0 Å². The largest absolute Gasteiger partial charge is 0.389 e. The van der Waals surface area contributed by atoms with Crippen LogP contribution in [0, 0.1) is 5.41 Å². The average molecular weight is 286 g/mol. The maximum absolute atomic E-state index is 12.0. The fourth-order valence-electron chi connectivity index (χ4n) is 1.56. The van der Waals surface area contributed by atoms with Crippen molar-refractivity contribution >= 4 is 32.9 Å². The van der Waals surface area contributed by atoms with Crippen LogP contribution in [0.2, 0.25) is 0 Å². The molecule has 0 heterocycles. The Balaban J connectivity index is 3.02. The predicted octanol–water partition coefficient (Wildman–Crippen LogP) is 2.11. The SMILES string of the molecule is CC(C)(C)CS(=O)(=O)Nc1ccccc1C(N)=S. The van der Waals surface area contributed by atoms with E-state index in [2.05, 4.69) is 4.72 Å². The summed E-state index contributed by atoms with van der Waals surface area (Å²) in [5, 5.41) is 0. The second-order valence-electron chi connectivity index (χ2n) is 5.33. The van der Waals surface area contributed by atoms with Gasteiger partial charge in [0.2, 0.25) is 10.0 Å². The lowest BCUT2D eigenvalue weighted by atomic mass is 10.0. The zero-order valence-corrected chi connectivity index (χ0v) is 12.4. The lowest BCUT2D eigenvalue weighted by molar-refractivity contribution is 0.463. The Morgan fingerprint density at radius 1 is 1.33 bits per heavy atom. The van der Waals surface area contributed by atoms with Crippen molar-refractivity contribution in [1.82, 2.24) is 0 Å². The summed E-state index contributed by atoms with van der Waals surface area (Å²) < 4.78 is 26.5. The molecule has 0 amide bonds. The standard InChI is InChI=1S/C12H18N2O2S2/c1-12(2,3)8-18(15,16)14-10-7-5-4-6-9(10)11(13)17/h4-7,14H,8H2,1-3H3,(H2,13,17). The molecule has 3 N–H and O–H groups in total. The Morgan fingerprint density at radius 2 is 1.89 bits per heavy atom. The van der Waals surface area contributed by atoms with Crippen LogP contribution in [0.3, 0.4) is 0 Å². The summed E-state index contributed by atoms with van der Waals surface area (Å²) in [5.41, 5.74) is 6.20. The van der Waals surface area contributed by atoms with Gasteiger partial charge in [-0.2, -0.15) is 0 Å². The second-order valence-corrected chi connectivity index (χ2v) is 7.49. The topological polar surface area (TPSA) is 72.2 Å². The van der Waals surface area contributed by atoms with Gasteiger partial charge in [-0.15, -0.1) is 0 Å². The fourth-order valence-corrected chi connectivity index (χ4v) is 3.46. The van der Waals surface area contributed by atoms with Crippen molar-refractivity contribution in [2.75, 3.05) is 10.5 Å². The summed E-state index contributed by atoms with van der Waals surface area (Å²) in [6, 6.07) is 6.83. The first-order valence-electron chi connectivity index (χ1n) is 5.50. The number of rotatable bonds is 4. The molecule has 0 radical (unpaired) electrons. The first-order chi connectivity index (χ1) is 8.11. The lowest BCUT2D eigenvalue weighted by Gasteiger charge is -2.19. The zero-order chi connectivity index (χ0) is 14.0. The Bertz CT molecular complexity index is 545. The smallest absolute Gasteiger partial charge is 0.233 e. The Kier molecular flexibility index (Phi) is 4.34. The van der Waals surface area contributed by atoms with Crippen molar-refractivity contribution in [2.24, 2.45) is 11.1 Å². The zero-order valence-electron chi connectivity index (χ0n) is 10.7. The van der Waals surface area contributed by atoms with Gasteiger partial charge < -0.3 is 5.73 Å². The van der Waals surface area contributed by atoms with Crippen LogP contribution in [0.15, 0.2) is 24.3 Å². The highest BCUT2D eigenvalue weighted by Crippen LogP contribution is 2.21. The normalized spacial score (nSPS) is 12.2. The maximum atomic E-state index is 12.0. The number of sulfonamides is 1. The number of nitrogens with one attached hydrogen (secondary N) is 1. The van der Waals surface area contributed by atoms with E-state index in [4.69, 9.17) is 18.0 Å². The van der Waals surface area contributed by atoms with Crippen molar-refractivity contribution in [1.29, 1.82) is 0 Å². The summed E-state index contributed by atoms with van der Waals surface area (Å²) in [6.07, 6.45) is 0. The van der Waals surface area contributed by atoms with E-state index in [1.165, 1.54) is 0 Å². The Hall–Kier alpha value is -1.14. The second kappa shape index (κ2) is 5.24. The van der Waals surface area contributed by atoms with Gasteiger partial charge in [0.1, 0.15) is 4.99 Å². The summed E-state index contributed by atoms with van der Waals surface area (Å²) in [6.45, 7) is 5.60. The molecule has 0 atom stereocenters. The first-order valence-corrected chi connectivity index (χ1v) is 7.56. The monoisotopic (exact) mass is 286 g/mol. The van der Waals surface area contributed by atoms with Gasteiger partial charge in [0.25, 0.3) is 0 Å². The van der Waals surface area contributed by atoms with Crippen LogP contribution in [0.5, 0.6) is 0 Å². The van der Waals surface area contributed by atoms with Crippen molar-refractivity contribution < 1.29 is 8.42 Å². The molecule has 0 unspecified atom stereocenters. The molecule has 0 aliphatic heterocycles. The van der Waals surface area contributed by atoms with Gasteiger partial charge in [0.15, 0.2) is 0 Å². The molecule has 1 aromatic carbocycles. The third-order valence-electron chi connectivity index (χ3n) is 2.08. The molecule has 4 nitrogen and oxygen atoms in total. The fraction of sp³-hybridized carbons (Fsp3) is 0.417. The molecule has 1 rings (SSSR count). The number of benzene rings is 1. The molecule has 0 saturated carbocycles. The maximum Gasteiger partial charge on any atom is 0.233 e. The molecule has 0 bridgehead atoms. The highest BCUT2D eigenvalue weighted by atomic mass is 32.2. The number of thiocarbonyl (C=S) groups is 1. The average Bonchev–Trinajstić information content (AvgIpc) is 2.13. The van der Waals surface area contributed by atoms with Gasteiger partial charge in [-0.1, -0.05) is 45.1 Å². The number of anilines is 1. The van der Waals surface area contributed by atoms with Gasteiger partial charge >= 0.3 is 0 Å². The van der Waals surface area contributed by atoms with Gasteiger partial charge in [-0.05, 0) is 17.5 Å². The van der Waals surface area contributed by atoms with Crippen LogP contribution in [0.25, 0.3) is 0 Å². The molecular weight excluding hydrogens is 268 g/mol. The third-order valence-corrected chi connectivity index (χ3v) is 4.08. The molecule has 1 aromatic rings. The molecule has 0 saturated heterocycles.